The van der Waals surface area contributed by atoms with E-state index in [4.69, 9.17) is 27.9 Å². The largest absolute Gasteiger partial charge is 0.488 e. The third-order valence-corrected chi connectivity index (χ3v) is 2.80. The Kier molecular flexibility index (Phi) is 6.55. The van der Waals surface area contributed by atoms with Crippen molar-refractivity contribution in [2.45, 2.75) is 20.4 Å². The molecule has 1 aromatic rings. The van der Waals surface area contributed by atoms with E-state index < -0.39 is 0 Å². The fourth-order valence-corrected chi connectivity index (χ4v) is 2.13. The highest BCUT2D eigenvalue weighted by Crippen LogP contribution is 2.32. The summed E-state index contributed by atoms with van der Waals surface area (Å²) in [7, 11) is 0. The van der Waals surface area contributed by atoms with Crippen LogP contribution in [0.1, 0.15) is 19.4 Å². The van der Waals surface area contributed by atoms with Crippen molar-refractivity contribution in [1.82, 2.24) is 5.32 Å². The minimum atomic E-state index is 0.429. The Balaban J connectivity index is 2.81. The highest BCUT2D eigenvalue weighted by Gasteiger charge is 2.10. The molecule has 0 radical (unpaired) electrons. The van der Waals surface area contributed by atoms with Gasteiger partial charge in [0.05, 0.1) is 5.02 Å². The van der Waals surface area contributed by atoms with Gasteiger partial charge in [0.15, 0.2) is 0 Å². The maximum Gasteiger partial charge on any atom is 0.142 e. The van der Waals surface area contributed by atoms with E-state index in [1.54, 1.807) is 12.1 Å². The van der Waals surface area contributed by atoms with Crippen LogP contribution in [0.5, 0.6) is 5.75 Å². The molecule has 0 heterocycles. The highest BCUT2D eigenvalue weighted by molar-refractivity contribution is 6.35. The van der Waals surface area contributed by atoms with Crippen molar-refractivity contribution in [2.24, 2.45) is 5.92 Å². The van der Waals surface area contributed by atoms with E-state index in [0.29, 0.717) is 34.9 Å². The summed E-state index contributed by atoms with van der Waals surface area (Å²) in [6.07, 6.45) is 1.69. The average molecular weight is 288 g/mol. The minimum Gasteiger partial charge on any atom is -0.488 e. The maximum absolute atomic E-state index is 6.14. The molecule has 0 aliphatic heterocycles. The van der Waals surface area contributed by atoms with Crippen molar-refractivity contribution in [3.8, 4) is 5.75 Å². The number of hydrogen-bond donors (Lipinski definition) is 1. The summed E-state index contributed by atoms with van der Waals surface area (Å²) in [6, 6.07) is 3.56. The van der Waals surface area contributed by atoms with Crippen molar-refractivity contribution < 1.29 is 4.74 Å². The molecule has 4 heteroatoms. The zero-order valence-electron chi connectivity index (χ0n) is 10.8. The number of benzene rings is 1. The third kappa shape index (κ3) is 4.89. The van der Waals surface area contributed by atoms with E-state index in [0.717, 1.165) is 12.1 Å². The Morgan fingerprint density at radius 3 is 2.72 bits per heavy atom. The molecule has 0 amide bonds. The van der Waals surface area contributed by atoms with E-state index in [-0.39, 0.29) is 0 Å². The number of ether oxygens (including phenoxy) is 1. The second-order valence-corrected chi connectivity index (χ2v) is 5.34. The maximum atomic E-state index is 6.14. The minimum absolute atomic E-state index is 0.429. The first-order chi connectivity index (χ1) is 8.54. The Hall–Kier alpha value is -0.700. The molecule has 0 spiro atoms. The Labute approximate surface area is 119 Å². The SMILES string of the molecule is C=CCOc1c(Cl)cc(Cl)cc1CNCC(C)C. The van der Waals surface area contributed by atoms with Crippen LogP contribution in [0.4, 0.5) is 0 Å². The molecule has 0 saturated carbocycles. The molecule has 0 aliphatic rings. The first-order valence-corrected chi connectivity index (χ1v) is 6.72. The van der Waals surface area contributed by atoms with Gasteiger partial charge < -0.3 is 10.1 Å². The molecule has 1 N–H and O–H groups in total. The van der Waals surface area contributed by atoms with E-state index in [1.165, 1.54) is 0 Å². The summed E-state index contributed by atoms with van der Waals surface area (Å²) in [4.78, 5) is 0. The number of hydrogen-bond acceptors (Lipinski definition) is 2. The zero-order chi connectivity index (χ0) is 13.5. The smallest absolute Gasteiger partial charge is 0.142 e. The Morgan fingerprint density at radius 2 is 2.11 bits per heavy atom. The van der Waals surface area contributed by atoms with Crippen LogP contribution < -0.4 is 10.1 Å². The molecule has 2 nitrogen and oxygen atoms in total. The summed E-state index contributed by atoms with van der Waals surface area (Å²) < 4.78 is 5.58. The van der Waals surface area contributed by atoms with Crippen LogP contribution in [0, 0.1) is 5.92 Å². The molecule has 0 unspecified atom stereocenters. The van der Waals surface area contributed by atoms with Gasteiger partial charge in [-0.05, 0) is 24.6 Å². The van der Waals surface area contributed by atoms with Crippen molar-refractivity contribution >= 4 is 23.2 Å². The van der Waals surface area contributed by atoms with Gasteiger partial charge in [-0.3, -0.25) is 0 Å². The quantitative estimate of drug-likeness (QED) is 0.755. The molecule has 100 valence electrons. The standard InChI is InChI=1S/C14H19Cl2NO/c1-4-5-18-14-11(9-17-8-10(2)3)6-12(15)7-13(14)16/h4,6-7,10,17H,1,5,8-9H2,2-3H3. The second-order valence-electron chi connectivity index (χ2n) is 4.50. The molecule has 0 fully saturated rings. The lowest BCUT2D eigenvalue weighted by Crippen LogP contribution is -2.19. The molecular weight excluding hydrogens is 269 g/mol. The van der Waals surface area contributed by atoms with Gasteiger partial charge in [0.25, 0.3) is 0 Å². The molecule has 0 bridgehead atoms. The number of nitrogens with one attached hydrogen (secondary N) is 1. The summed E-state index contributed by atoms with van der Waals surface area (Å²) >= 11 is 12.2. The van der Waals surface area contributed by atoms with Gasteiger partial charge in [-0.15, -0.1) is 0 Å². The first-order valence-electron chi connectivity index (χ1n) is 5.97. The van der Waals surface area contributed by atoms with Crippen LogP contribution in [-0.4, -0.2) is 13.2 Å². The lowest BCUT2D eigenvalue weighted by atomic mass is 10.1. The first kappa shape index (κ1) is 15.4. The van der Waals surface area contributed by atoms with Gasteiger partial charge in [0.2, 0.25) is 0 Å². The van der Waals surface area contributed by atoms with E-state index in [2.05, 4.69) is 25.7 Å². The molecule has 18 heavy (non-hydrogen) atoms. The molecule has 0 saturated heterocycles. The monoisotopic (exact) mass is 287 g/mol. The molecule has 0 aromatic heterocycles. The van der Waals surface area contributed by atoms with Gasteiger partial charge in [-0.25, -0.2) is 0 Å². The molecule has 1 aromatic carbocycles. The predicted molar refractivity (Wildman–Crippen MR) is 78.7 cm³/mol. The second kappa shape index (κ2) is 7.67. The summed E-state index contributed by atoms with van der Waals surface area (Å²) in [5.74, 6) is 1.27. The van der Waals surface area contributed by atoms with Crippen molar-refractivity contribution in [2.75, 3.05) is 13.2 Å². The van der Waals surface area contributed by atoms with Crippen LogP contribution in [0.3, 0.4) is 0 Å². The van der Waals surface area contributed by atoms with Crippen molar-refractivity contribution in [3.63, 3.8) is 0 Å². The topological polar surface area (TPSA) is 21.3 Å². The van der Waals surface area contributed by atoms with Crippen molar-refractivity contribution in [1.29, 1.82) is 0 Å². The van der Waals surface area contributed by atoms with Crippen LogP contribution in [0.15, 0.2) is 24.8 Å². The Morgan fingerprint density at radius 1 is 1.39 bits per heavy atom. The molecule has 1 rings (SSSR count). The van der Waals surface area contributed by atoms with Gasteiger partial charge in [-0.1, -0.05) is 49.7 Å². The van der Waals surface area contributed by atoms with Crippen LogP contribution in [0.25, 0.3) is 0 Å². The summed E-state index contributed by atoms with van der Waals surface area (Å²) in [6.45, 7) is 10.00. The normalized spacial score (nSPS) is 10.7. The van der Waals surface area contributed by atoms with E-state index in [9.17, 15) is 0 Å². The average Bonchev–Trinajstić information content (AvgIpc) is 2.27. The molecule has 0 atom stereocenters. The predicted octanol–water partition coefficient (Wildman–Crippen LogP) is 4.30. The van der Waals surface area contributed by atoms with E-state index >= 15 is 0 Å². The van der Waals surface area contributed by atoms with Gasteiger partial charge in [-0.2, -0.15) is 0 Å². The zero-order valence-corrected chi connectivity index (χ0v) is 12.3. The fraction of sp³-hybridized carbons (Fsp3) is 0.429. The molecular formula is C14H19Cl2NO. The number of halogens is 2. The Bertz CT molecular complexity index is 405. The third-order valence-electron chi connectivity index (χ3n) is 2.30. The van der Waals surface area contributed by atoms with Gasteiger partial charge in [0, 0.05) is 17.1 Å². The highest BCUT2D eigenvalue weighted by atomic mass is 35.5. The van der Waals surface area contributed by atoms with Crippen LogP contribution >= 0.6 is 23.2 Å². The van der Waals surface area contributed by atoms with E-state index in [1.807, 2.05) is 6.07 Å². The lowest BCUT2D eigenvalue weighted by molar-refractivity contribution is 0.357. The van der Waals surface area contributed by atoms with Gasteiger partial charge in [0.1, 0.15) is 12.4 Å². The summed E-state index contributed by atoms with van der Waals surface area (Å²) in [5, 5.41) is 4.50. The van der Waals surface area contributed by atoms with Gasteiger partial charge >= 0.3 is 0 Å². The van der Waals surface area contributed by atoms with Crippen LogP contribution in [0.2, 0.25) is 10.0 Å². The lowest BCUT2D eigenvalue weighted by Gasteiger charge is -2.14. The fourth-order valence-electron chi connectivity index (χ4n) is 1.54. The summed E-state index contributed by atoms with van der Waals surface area (Å²) in [5.41, 5.74) is 0.968. The number of rotatable bonds is 7. The van der Waals surface area contributed by atoms with Crippen LogP contribution in [-0.2, 0) is 6.54 Å². The molecule has 0 aliphatic carbocycles. The van der Waals surface area contributed by atoms with Crippen molar-refractivity contribution in [3.05, 3.63) is 40.4 Å².